The number of aliphatic hydroxyl groups is 1. The zero-order chi connectivity index (χ0) is 14.1. The molecule has 1 aliphatic rings. The Hall–Kier alpha value is -2.51. The van der Waals surface area contributed by atoms with E-state index < -0.39 is 12.2 Å². The van der Waals surface area contributed by atoms with Gasteiger partial charge in [0.2, 0.25) is 0 Å². The lowest BCUT2D eigenvalue weighted by molar-refractivity contribution is 0.0695. The number of methoxy groups -OCH3 is 1. The summed E-state index contributed by atoms with van der Waals surface area (Å²) >= 11 is 0. The second kappa shape index (κ2) is 4.87. The highest BCUT2D eigenvalue weighted by Gasteiger charge is 2.31. The van der Waals surface area contributed by atoms with Crippen molar-refractivity contribution in [2.24, 2.45) is 0 Å². The van der Waals surface area contributed by atoms with Crippen LogP contribution in [0.25, 0.3) is 11.1 Å². The summed E-state index contributed by atoms with van der Waals surface area (Å²) in [7, 11) is 1.58. The van der Waals surface area contributed by atoms with Gasteiger partial charge in [-0.1, -0.05) is 24.3 Å². The van der Waals surface area contributed by atoms with E-state index in [2.05, 4.69) is 0 Å². The van der Waals surface area contributed by atoms with Crippen molar-refractivity contribution in [1.82, 2.24) is 0 Å². The van der Waals surface area contributed by atoms with E-state index in [4.69, 9.17) is 14.7 Å². The first-order valence-corrected chi connectivity index (χ1v) is 6.26. The molecule has 2 aromatic rings. The number of fused-ring (bicyclic) bond motifs is 3. The number of nitrogens with zero attached hydrogens (tertiary/aromatic N) is 1. The maximum atomic E-state index is 9.89. The molecule has 3 rings (SSSR count). The van der Waals surface area contributed by atoms with E-state index in [1.165, 1.54) is 0 Å². The maximum Gasteiger partial charge on any atom is 0.181 e. The minimum absolute atomic E-state index is 0.668. The van der Waals surface area contributed by atoms with Crippen LogP contribution in [0.1, 0.15) is 11.7 Å². The standard InChI is InChI=1S/C16H13NO3/c1-19-10-6-7-11-12-4-2-3-5-15(12)20-16(13(11)8-10)14(18)9-17/h2-8,14,16,18H,1H3. The van der Waals surface area contributed by atoms with Crippen LogP contribution in [-0.4, -0.2) is 18.3 Å². The van der Waals surface area contributed by atoms with Crippen LogP contribution in [0.5, 0.6) is 11.5 Å². The molecule has 2 aromatic carbocycles. The lowest BCUT2D eigenvalue weighted by Crippen LogP contribution is -2.25. The van der Waals surface area contributed by atoms with Crippen molar-refractivity contribution in [3.05, 3.63) is 48.0 Å². The summed E-state index contributed by atoms with van der Waals surface area (Å²) in [6.45, 7) is 0. The van der Waals surface area contributed by atoms with E-state index in [-0.39, 0.29) is 0 Å². The lowest BCUT2D eigenvalue weighted by atomic mass is 9.90. The fourth-order valence-corrected chi connectivity index (χ4v) is 2.44. The van der Waals surface area contributed by atoms with Crippen molar-refractivity contribution >= 4 is 0 Å². The highest BCUT2D eigenvalue weighted by molar-refractivity contribution is 5.76. The van der Waals surface area contributed by atoms with Crippen molar-refractivity contribution in [2.45, 2.75) is 12.2 Å². The smallest absolute Gasteiger partial charge is 0.181 e. The molecule has 0 radical (unpaired) electrons. The van der Waals surface area contributed by atoms with E-state index >= 15 is 0 Å². The molecule has 2 unspecified atom stereocenters. The normalized spacial score (nSPS) is 17.1. The molecule has 0 saturated heterocycles. The highest BCUT2D eigenvalue weighted by atomic mass is 16.5. The third-order valence-electron chi connectivity index (χ3n) is 3.42. The van der Waals surface area contributed by atoms with E-state index in [1.54, 1.807) is 13.2 Å². The summed E-state index contributed by atoms with van der Waals surface area (Å²) in [6, 6.07) is 15.0. The molecule has 4 heteroatoms. The lowest BCUT2D eigenvalue weighted by Gasteiger charge is -2.29. The molecular formula is C16H13NO3. The van der Waals surface area contributed by atoms with Gasteiger partial charge in [0.15, 0.2) is 12.2 Å². The number of nitriles is 1. The molecule has 4 nitrogen and oxygen atoms in total. The van der Waals surface area contributed by atoms with Crippen molar-refractivity contribution in [3.63, 3.8) is 0 Å². The van der Waals surface area contributed by atoms with Gasteiger partial charge in [0, 0.05) is 11.1 Å². The molecule has 100 valence electrons. The molecule has 20 heavy (non-hydrogen) atoms. The van der Waals surface area contributed by atoms with Crippen LogP contribution in [0.4, 0.5) is 0 Å². The number of benzene rings is 2. The Morgan fingerprint density at radius 3 is 2.80 bits per heavy atom. The average molecular weight is 267 g/mol. The van der Waals surface area contributed by atoms with Gasteiger partial charge in [-0.25, -0.2) is 0 Å². The Morgan fingerprint density at radius 1 is 1.25 bits per heavy atom. The third kappa shape index (κ3) is 1.89. The fourth-order valence-electron chi connectivity index (χ4n) is 2.44. The van der Waals surface area contributed by atoms with Gasteiger partial charge in [-0.15, -0.1) is 0 Å². The van der Waals surface area contributed by atoms with E-state index in [0.717, 1.165) is 16.7 Å². The van der Waals surface area contributed by atoms with Gasteiger partial charge in [-0.05, 0) is 23.8 Å². The van der Waals surface area contributed by atoms with Crippen LogP contribution in [0.3, 0.4) is 0 Å². The van der Waals surface area contributed by atoms with Crippen molar-refractivity contribution in [3.8, 4) is 28.7 Å². The molecule has 1 aliphatic heterocycles. The Morgan fingerprint density at radius 2 is 2.05 bits per heavy atom. The van der Waals surface area contributed by atoms with Gasteiger partial charge >= 0.3 is 0 Å². The topological polar surface area (TPSA) is 62.5 Å². The Kier molecular flexibility index (Phi) is 3.05. The van der Waals surface area contributed by atoms with Gasteiger partial charge in [-0.3, -0.25) is 0 Å². The predicted octanol–water partition coefficient (Wildman–Crippen LogP) is 2.68. The summed E-state index contributed by atoms with van der Waals surface area (Å²) in [5.41, 5.74) is 2.66. The summed E-state index contributed by atoms with van der Waals surface area (Å²) in [5.74, 6) is 1.34. The molecular weight excluding hydrogens is 254 g/mol. The molecule has 0 fully saturated rings. The second-order valence-electron chi connectivity index (χ2n) is 4.56. The number of hydrogen-bond donors (Lipinski definition) is 1. The Labute approximate surface area is 116 Å². The summed E-state index contributed by atoms with van der Waals surface area (Å²) in [4.78, 5) is 0. The largest absolute Gasteiger partial charge is 0.497 e. The number of para-hydroxylation sites is 1. The molecule has 0 aliphatic carbocycles. The molecule has 0 saturated carbocycles. The maximum absolute atomic E-state index is 9.89. The van der Waals surface area contributed by atoms with Crippen LogP contribution < -0.4 is 9.47 Å². The van der Waals surface area contributed by atoms with Gasteiger partial charge in [0.05, 0.1) is 13.2 Å². The predicted molar refractivity (Wildman–Crippen MR) is 73.4 cm³/mol. The summed E-state index contributed by atoms with van der Waals surface area (Å²) in [6.07, 6.45) is -1.94. The monoisotopic (exact) mass is 267 g/mol. The van der Waals surface area contributed by atoms with Crippen LogP contribution in [0.2, 0.25) is 0 Å². The number of aliphatic hydroxyl groups excluding tert-OH is 1. The van der Waals surface area contributed by atoms with E-state index in [1.807, 2.05) is 42.5 Å². The zero-order valence-corrected chi connectivity index (χ0v) is 10.9. The van der Waals surface area contributed by atoms with Crippen molar-refractivity contribution < 1.29 is 14.6 Å². The summed E-state index contributed by atoms with van der Waals surface area (Å²) < 4.78 is 11.0. The number of rotatable bonds is 2. The van der Waals surface area contributed by atoms with Crippen molar-refractivity contribution in [2.75, 3.05) is 7.11 Å². The molecule has 1 N–H and O–H groups in total. The second-order valence-corrected chi connectivity index (χ2v) is 4.56. The average Bonchev–Trinajstić information content (AvgIpc) is 2.52. The first-order chi connectivity index (χ1) is 9.74. The van der Waals surface area contributed by atoms with Crippen LogP contribution in [0, 0.1) is 11.3 Å². The quantitative estimate of drug-likeness (QED) is 0.850. The molecule has 0 amide bonds. The highest BCUT2D eigenvalue weighted by Crippen LogP contribution is 2.44. The Balaban J connectivity index is 2.21. The number of hydrogen-bond acceptors (Lipinski definition) is 4. The zero-order valence-electron chi connectivity index (χ0n) is 10.9. The third-order valence-corrected chi connectivity index (χ3v) is 3.42. The van der Waals surface area contributed by atoms with Gasteiger partial charge < -0.3 is 14.6 Å². The molecule has 1 heterocycles. The molecule has 0 aromatic heterocycles. The fraction of sp³-hybridized carbons (Fsp3) is 0.188. The molecule has 0 spiro atoms. The minimum Gasteiger partial charge on any atom is -0.497 e. The molecule has 2 atom stereocenters. The number of ether oxygens (including phenoxy) is 2. The molecule has 0 bridgehead atoms. The van der Waals surface area contributed by atoms with Gasteiger partial charge in [0.25, 0.3) is 0 Å². The van der Waals surface area contributed by atoms with Crippen LogP contribution >= 0.6 is 0 Å². The van der Waals surface area contributed by atoms with Crippen molar-refractivity contribution in [1.29, 1.82) is 5.26 Å². The van der Waals surface area contributed by atoms with E-state index in [0.29, 0.717) is 11.5 Å². The first kappa shape index (κ1) is 12.5. The summed E-state index contributed by atoms with van der Waals surface area (Å²) in [5, 5.41) is 18.9. The SMILES string of the molecule is COc1ccc2c(c1)C(C(O)C#N)Oc1ccccc1-2. The van der Waals surface area contributed by atoms with Crippen LogP contribution in [-0.2, 0) is 0 Å². The van der Waals surface area contributed by atoms with Gasteiger partial charge in [-0.2, -0.15) is 5.26 Å². The van der Waals surface area contributed by atoms with E-state index in [9.17, 15) is 5.11 Å². The van der Waals surface area contributed by atoms with Gasteiger partial charge in [0.1, 0.15) is 11.5 Å². The Bertz CT molecular complexity index is 690. The van der Waals surface area contributed by atoms with Crippen LogP contribution in [0.15, 0.2) is 42.5 Å². The first-order valence-electron chi connectivity index (χ1n) is 6.26. The minimum atomic E-state index is -1.23.